The van der Waals surface area contributed by atoms with E-state index in [0.717, 1.165) is 4.47 Å². The molecule has 0 aliphatic rings. The minimum Gasteiger partial charge on any atom is -0.495 e. The standard InChI is InChI=1S/C13H12BrN3O3S/c1-20-10-6-7(12(15)17-19)2-3-9(10)16-13(18)11-8(14)4-5-21-11/h2-6,19H,1H3,(H2,15,17)(H,16,18). The lowest BCUT2D eigenvalue weighted by Crippen LogP contribution is -2.15. The minimum atomic E-state index is -0.244. The van der Waals surface area contributed by atoms with Gasteiger partial charge in [0.1, 0.15) is 10.6 Å². The van der Waals surface area contributed by atoms with Crippen LogP contribution in [0, 0.1) is 0 Å². The second kappa shape index (κ2) is 6.59. The lowest BCUT2D eigenvalue weighted by atomic mass is 10.1. The fraction of sp³-hybridized carbons (Fsp3) is 0.0769. The van der Waals surface area contributed by atoms with Crippen molar-refractivity contribution in [2.75, 3.05) is 12.4 Å². The monoisotopic (exact) mass is 369 g/mol. The van der Waals surface area contributed by atoms with Crippen LogP contribution in [0.15, 0.2) is 39.3 Å². The number of amidine groups is 1. The first-order valence-electron chi connectivity index (χ1n) is 5.77. The smallest absolute Gasteiger partial charge is 0.266 e. The maximum atomic E-state index is 12.2. The molecular formula is C13H12BrN3O3S. The average molecular weight is 370 g/mol. The SMILES string of the molecule is COc1cc(/C(N)=N/O)ccc1NC(=O)c1sccc1Br. The van der Waals surface area contributed by atoms with Crippen molar-refractivity contribution in [3.8, 4) is 5.75 Å². The molecule has 0 fully saturated rings. The van der Waals surface area contributed by atoms with Crippen LogP contribution in [0.2, 0.25) is 0 Å². The normalized spacial score (nSPS) is 11.2. The molecule has 1 aromatic heterocycles. The highest BCUT2D eigenvalue weighted by molar-refractivity contribution is 9.10. The molecule has 0 unspecified atom stereocenters. The molecule has 1 heterocycles. The summed E-state index contributed by atoms with van der Waals surface area (Å²) < 4.78 is 5.95. The summed E-state index contributed by atoms with van der Waals surface area (Å²) in [6, 6.07) is 6.63. The Balaban J connectivity index is 2.28. The maximum absolute atomic E-state index is 12.2. The van der Waals surface area contributed by atoms with Gasteiger partial charge in [-0.1, -0.05) is 5.16 Å². The summed E-state index contributed by atoms with van der Waals surface area (Å²) >= 11 is 4.64. The summed E-state index contributed by atoms with van der Waals surface area (Å²) in [6.07, 6.45) is 0. The Labute approximate surface area is 133 Å². The van der Waals surface area contributed by atoms with Gasteiger partial charge in [-0.3, -0.25) is 4.79 Å². The molecule has 1 aromatic carbocycles. The molecule has 4 N–H and O–H groups in total. The van der Waals surface area contributed by atoms with E-state index in [9.17, 15) is 4.79 Å². The van der Waals surface area contributed by atoms with Crippen molar-refractivity contribution in [1.82, 2.24) is 0 Å². The number of hydrogen-bond acceptors (Lipinski definition) is 5. The van der Waals surface area contributed by atoms with Gasteiger partial charge in [0, 0.05) is 10.0 Å². The van der Waals surface area contributed by atoms with E-state index in [1.807, 2.05) is 5.38 Å². The number of nitrogens with one attached hydrogen (secondary N) is 1. The number of ether oxygens (including phenoxy) is 1. The molecule has 21 heavy (non-hydrogen) atoms. The molecule has 0 atom stereocenters. The summed E-state index contributed by atoms with van der Waals surface area (Å²) in [6.45, 7) is 0. The lowest BCUT2D eigenvalue weighted by molar-refractivity contribution is 0.102. The molecule has 0 aliphatic carbocycles. The highest BCUT2D eigenvalue weighted by Gasteiger charge is 2.14. The van der Waals surface area contributed by atoms with Crippen LogP contribution in [0.1, 0.15) is 15.2 Å². The highest BCUT2D eigenvalue weighted by atomic mass is 79.9. The van der Waals surface area contributed by atoms with Crippen molar-refractivity contribution < 1.29 is 14.7 Å². The van der Waals surface area contributed by atoms with Crippen molar-refractivity contribution in [3.05, 3.63) is 44.6 Å². The highest BCUT2D eigenvalue weighted by Crippen LogP contribution is 2.28. The molecular weight excluding hydrogens is 358 g/mol. The molecule has 0 radical (unpaired) electrons. The van der Waals surface area contributed by atoms with E-state index in [0.29, 0.717) is 21.9 Å². The number of hydrogen-bond donors (Lipinski definition) is 3. The van der Waals surface area contributed by atoms with Crippen LogP contribution in [0.25, 0.3) is 0 Å². The third-order valence-electron chi connectivity index (χ3n) is 2.68. The molecule has 0 spiro atoms. The molecule has 0 bridgehead atoms. The van der Waals surface area contributed by atoms with Crippen molar-refractivity contribution >= 4 is 44.7 Å². The first kappa shape index (κ1) is 15.3. The Morgan fingerprint density at radius 3 is 2.81 bits per heavy atom. The number of nitrogens with zero attached hydrogens (tertiary/aromatic N) is 1. The number of carbonyl (C=O) groups is 1. The summed E-state index contributed by atoms with van der Waals surface area (Å²) in [4.78, 5) is 12.7. The van der Waals surface area contributed by atoms with Gasteiger partial charge in [-0.2, -0.15) is 0 Å². The van der Waals surface area contributed by atoms with E-state index in [4.69, 9.17) is 15.7 Å². The number of carbonyl (C=O) groups excluding carboxylic acids is 1. The van der Waals surface area contributed by atoms with Gasteiger partial charge < -0.3 is 21.0 Å². The third kappa shape index (κ3) is 3.34. The van der Waals surface area contributed by atoms with Crippen LogP contribution >= 0.6 is 27.3 Å². The number of amides is 1. The molecule has 2 rings (SSSR count). The zero-order valence-corrected chi connectivity index (χ0v) is 13.4. The third-order valence-corrected chi connectivity index (χ3v) is 4.51. The molecule has 0 saturated heterocycles. The van der Waals surface area contributed by atoms with E-state index in [1.54, 1.807) is 24.3 Å². The summed E-state index contributed by atoms with van der Waals surface area (Å²) in [5, 5.41) is 16.2. The molecule has 2 aromatic rings. The van der Waals surface area contributed by atoms with Crippen LogP contribution in [-0.2, 0) is 0 Å². The van der Waals surface area contributed by atoms with Crippen LogP contribution in [0.5, 0.6) is 5.75 Å². The van der Waals surface area contributed by atoms with Crippen LogP contribution in [-0.4, -0.2) is 24.1 Å². The van der Waals surface area contributed by atoms with Crippen LogP contribution in [0.3, 0.4) is 0 Å². The van der Waals surface area contributed by atoms with E-state index < -0.39 is 0 Å². The number of benzene rings is 1. The Bertz CT molecular complexity index is 700. The van der Waals surface area contributed by atoms with Crippen LogP contribution in [0.4, 0.5) is 5.69 Å². The van der Waals surface area contributed by atoms with E-state index in [2.05, 4.69) is 26.4 Å². The van der Waals surface area contributed by atoms with E-state index in [1.165, 1.54) is 18.4 Å². The first-order chi connectivity index (χ1) is 10.1. The summed E-state index contributed by atoms with van der Waals surface area (Å²) in [5.74, 6) is 0.138. The zero-order valence-electron chi connectivity index (χ0n) is 11.0. The average Bonchev–Trinajstić information content (AvgIpc) is 2.93. The maximum Gasteiger partial charge on any atom is 0.266 e. The van der Waals surface area contributed by atoms with Gasteiger partial charge in [0.15, 0.2) is 5.84 Å². The van der Waals surface area contributed by atoms with Crippen molar-refractivity contribution in [1.29, 1.82) is 0 Å². The Morgan fingerprint density at radius 2 is 2.24 bits per heavy atom. The first-order valence-corrected chi connectivity index (χ1v) is 7.44. The minimum absolute atomic E-state index is 0.0350. The number of thiophene rings is 1. The van der Waals surface area contributed by atoms with Gasteiger partial charge in [0.2, 0.25) is 0 Å². The van der Waals surface area contributed by atoms with Gasteiger partial charge in [-0.05, 0) is 45.6 Å². The molecule has 110 valence electrons. The zero-order chi connectivity index (χ0) is 15.4. The van der Waals surface area contributed by atoms with Gasteiger partial charge in [0.05, 0.1) is 12.8 Å². The van der Waals surface area contributed by atoms with Gasteiger partial charge >= 0.3 is 0 Å². The van der Waals surface area contributed by atoms with Crippen LogP contribution < -0.4 is 15.8 Å². The van der Waals surface area contributed by atoms with Gasteiger partial charge in [-0.25, -0.2) is 0 Å². The fourth-order valence-electron chi connectivity index (χ4n) is 1.65. The van der Waals surface area contributed by atoms with E-state index in [-0.39, 0.29) is 11.7 Å². The number of anilines is 1. The number of halogens is 1. The number of nitrogens with two attached hydrogens (primary N) is 1. The molecule has 0 aliphatic heterocycles. The predicted molar refractivity (Wildman–Crippen MR) is 85.5 cm³/mol. The Kier molecular flexibility index (Phi) is 4.81. The van der Waals surface area contributed by atoms with Crippen molar-refractivity contribution in [3.63, 3.8) is 0 Å². The number of oxime groups is 1. The van der Waals surface area contributed by atoms with Gasteiger partial charge in [0.25, 0.3) is 5.91 Å². The largest absolute Gasteiger partial charge is 0.495 e. The van der Waals surface area contributed by atoms with E-state index >= 15 is 0 Å². The topological polar surface area (TPSA) is 96.9 Å². The predicted octanol–water partition coefficient (Wildman–Crippen LogP) is 2.87. The molecule has 1 amide bonds. The Morgan fingerprint density at radius 1 is 1.48 bits per heavy atom. The lowest BCUT2D eigenvalue weighted by Gasteiger charge is -2.11. The molecule has 6 nitrogen and oxygen atoms in total. The molecule has 0 saturated carbocycles. The number of rotatable bonds is 4. The summed E-state index contributed by atoms with van der Waals surface area (Å²) in [7, 11) is 1.47. The summed E-state index contributed by atoms with van der Waals surface area (Å²) in [5.41, 5.74) is 6.51. The Hall–Kier alpha value is -2.06. The van der Waals surface area contributed by atoms with Gasteiger partial charge in [-0.15, -0.1) is 11.3 Å². The fourth-order valence-corrected chi connectivity index (χ4v) is 3.09. The van der Waals surface area contributed by atoms with Crippen molar-refractivity contribution in [2.45, 2.75) is 0 Å². The van der Waals surface area contributed by atoms with Crippen molar-refractivity contribution in [2.24, 2.45) is 10.9 Å². The quantitative estimate of drug-likeness (QED) is 0.334. The second-order valence-electron chi connectivity index (χ2n) is 3.95. The second-order valence-corrected chi connectivity index (χ2v) is 5.72. The molecule has 8 heteroatoms. The number of methoxy groups -OCH3 is 1.